The highest BCUT2D eigenvalue weighted by atomic mass is 79.9. The van der Waals surface area contributed by atoms with Crippen LogP contribution >= 0.6 is 15.9 Å². The van der Waals surface area contributed by atoms with Gasteiger partial charge in [-0.15, -0.1) is 0 Å². The second-order valence-electron chi connectivity index (χ2n) is 4.77. The highest BCUT2D eigenvalue weighted by Crippen LogP contribution is 2.58. The quantitative estimate of drug-likeness (QED) is 0.774. The predicted octanol–water partition coefficient (Wildman–Crippen LogP) is 3.00. The van der Waals surface area contributed by atoms with E-state index in [1.165, 1.54) is 18.5 Å². The molecule has 0 bridgehead atoms. The molecule has 2 aliphatic rings. The maximum Gasteiger partial charge on any atom is 0.137 e. The van der Waals surface area contributed by atoms with Crippen LogP contribution in [0, 0.1) is 0 Å². The van der Waals surface area contributed by atoms with Gasteiger partial charge >= 0.3 is 0 Å². The van der Waals surface area contributed by atoms with Gasteiger partial charge in [0, 0.05) is 6.04 Å². The third-order valence-electron chi connectivity index (χ3n) is 3.47. The van der Waals surface area contributed by atoms with Gasteiger partial charge in [-0.25, -0.2) is 0 Å². The maximum absolute atomic E-state index is 5.87. The lowest BCUT2D eigenvalue weighted by Crippen LogP contribution is -2.17. The Morgan fingerprint density at radius 1 is 1.67 bits per heavy atom. The van der Waals surface area contributed by atoms with Crippen molar-refractivity contribution in [3.8, 4) is 0 Å². The van der Waals surface area contributed by atoms with Crippen molar-refractivity contribution in [1.29, 1.82) is 0 Å². The van der Waals surface area contributed by atoms with Crippen molar-refractivity contribution in [2.24, 2.45) is 0 Å². The molecule has 3 rings (SSSR count). The first-order valence-corrected chi connectivity index (χ1v) is 6.36. The highest BCUT2D eigenvalue weighted by Gasteiger charge is 2.63. The fraction of sp³-hybridized carbons (Fsp3) is 0.727. The molecule has 2 heterocycles. The van der Waals surface area contributed by atoms with E-state index in [4.69, 9.17) is 4.74 Å². The molecule has 2 fully saturated rings. The normalized spacial score (nSPS) is 33.5. The Morgan fingerprint density at radius 2 is 2.47 bits per heavy atom. The lowest BCUT2D eigenvalue weighted by molar-refractivity contribution is 0.239. The van der Waals surface area contributed by atoms with Crippen LogP contribution in [-0.2, 0) is 10.3 Å². The zero-order chi connectivity index (χ0) is 10.6. The van der Waals surface area contributed by atoms with Gasteiger partial charge in [0.1, 0.15) is 5.60 Å². The van der Waals surface area contributed by atoms with Crippen LogP contribution in [0.3, 0.4) is 0 Å². The fourth-order valence-electron chi connectivity index (χ4n) is 2.74. The Hall–Kier alpha value is -0.350. The second-order valence-corrected chi connectivity index (χ2v) is 5.62. The van der Waals surface area contributed by atoms with E-state index in [-0.39, 0.29) is 5.60 Å². The van der Waals surface area contributed by atoms with Crippen LogP contribution in [0.4, 0.5) is 0 Å². The average molecular weight is 271 g/mol. The van der Waals surface area contributed by atoms with Crippen LogP contribution in [-0.4, -0.2) is 15.9 Å². The monoisotopic (exact) mass is 270 g/mol. The zero-order valence-electron chi connectivity index (χ0n) is 9.03. The molecular formula is C11H15BrN2O. The molecule has 0 radical (unpaired) electrons. The van der Waals surface area contributed by atoms with Gasteiger partial charge in [-0.05, 0) is 49.0 Å². The Bertz CT molecular complexity index is 401. The minimum absolute atomic E-state index is 0.000394. The Balaban J connectivity index is 2.07. The van der Waals surface area contributed by atoms with E-state index in [2.05, 4.69) is 39.6 Å². The first kappa shape index (κ1) is 9.85. The third-order valence-corrected chi connectivity index (χ3v) is 4.05. The summed E-state index contributed by atoms with van der Waals surface area (Å²) in [6.45, 7) is 4.32. The largest absolute Gasteiger partial charge is 0.359 e. The van der Waals surface area contributed by atoms with Crippen molar-refractivity contribution in [2.75, 3.05) is 0 Å². The molecule has 2 unspecified atom stereocenters. The van der Waals surface area contributed by atoms with Crippen LogP contribution in [0.1, 0.15) is 44.8 Å². The summed E-state index contributed by atoms with van der Waals surface area (Å²) in [5, 5.41) is 4.42. The molecule has 2 atom stereocenters. The number of halogens is 1. The van der Waals surface area contributed by atoms with Crippen molar-refractivity contribution >= 4 is 15.9 Å². The Labute approximate surface area is 97.9 Å². The van der Waals surface area contributed by atoms with Gasteiger partial charge in [0.2, 0.25) is 0 Å². The number of hydrogen-bond donors (Lipinski definition) is 0. The van der Waals surface area contributed by atoms with Crippen molar-refractivity contribution < 1.29 is 4.74 Å². The molecule has 82 valence electrons. The Kier molecular flexibility index (Phi) is 2.02. The molecule has 0 N–H and O–H groups in total. The summed E-state index contributed by atoms with van der Waals surface area (Å²) in [5.74, 6) is 0. The maximum atomic E-state index is 5.87. The SMILES string of the molecule is CC(C)n1ncc(Br)c1C12CCCC1O2. The minimum atomic E-state index is -0.000394. The number of rotatable bonds is 2. The highest BCUT2D eigenvalue weighted by molar-refractivity contribution is 9.10. The zero-order valence-corrected chi connectivity index (χ0v) is 10.6. The van der Waals surface area contributed by atoms with Gasteiger partial charge in [0.05, 0.1) is 22.5 Å². The fourth-order valence-corrected chi connectivity index (χ4v) is 3.35. The summed E-state index contributed by atoms with van der Waals surface area (Å²) >= 11 is 3.59. The summed E-state index contributed by atoms with van der Waals surface area (Å²) in [6.07, 6.45) is 5.97. The molecule has 1 aromatic rings. The lowest BCUT2D eigenvalue weighted by Gasteiger charge is -2.15. The van der Waals surface area contributed by atoms with E-state index in [1.54, 1.807) is 0 Å². The molecule has 0 aromatic carbocycles. The molecule has 1 aliphatic carbocycles. The van der Waals surface area contributed by atoms with Gasteiger partial charge in [-0.3, -0.25) is 4.68 Å². The number of fused-ring (bicyclic) bond motifs is 1. The van der Waals surface area contributed by atoms with Crippen LogP contribution in [0.25, 0.3) is 0 Å². The smallest absolute Gasteiger partial charge is 0.137 e. The van der Waals surface area contributed by atoms with Gasteiger partial charge in [-0.1, -0.05) is 0 Å². The predicted molar refractivity (Wildman–Crippen MR) is 60.7 cm³/mol. The van der Waals surface area contributed by atoms with Crippen LogP contribution in [0.2, 0.25) is 0 Å². The van der Waals surface area contributed by atoms with E-state index in [0.29, 0.717) is 12.1 Å². The second kappa shape index (κ2) is 3.08. The first-order valence-electron chi connectivity index (χ1n) is 5.56. The van der Waals surface area contributed by atoms with E-state index in [0.717, 1.165) is 10.9 Å². The van der Waals surface area contributed by atoms with Gasteiger partial charge in [0.25, 0.3) is 0 Å². The van der Waals surface area contributed by atoms with Crippen molar-refractivity contribution in [1.82, 2.24) is 9.78 Å². The van der Waals surface area contributed by atoms with Crippen LogP contribution < -0.4 is 0 Å². The molecule has 3 nitrogen and oxygen atoms in total. The van der Waals surface area contributed by atoms with Crippen molar-refractivity contribution in [2.45, 2.75) is 50.9 Å². The van der Waals surface area contributed by atoms with Crippen LogP contribution in [0.15, 0.2) is 10.7 Å². The third kappa shape index (κ3) is 1.24. The summed E-state index contributed by atoms with van der Waals surface area (Å²) in [4.78, 5) is 0. The van der Waals surface area contributed by atoms with Crippen molar-refractivity contribution in [3.05, 3.63) is 16.4 Å². The van der Waals surface area contributed by atoms with E-state index < -0.39 is 0 Å². The molecule has 4 heteroatoms. The number of epoxide rings is 1. The number of ether oxygens (including phenoxy) is 1. The van der Waals surface area contributed by atoms with Crippen molar-refractivity contribution in [3.63, 3.8) is 0 Å². The standard InChI is InChI=1S/C11H15BrN2O/c1-7(2)14-10(8(12)6-13-14)11-5-3-4-9(11)15-11/h6-7,9H,3-5H2,1-2H3. The van der Waals surface area contributed by atoms with E-state index in [1.807, 2.05) is 6.20 Å². The molecule has 1 aliphatic heterocycles. The summed E-state index contributed by atoms with van der Waals surface area (Å²) in [7, 11) is 0. The first-order chi connectivity index (χ1) is 7.15. The van der Waals surface area contributed by atoms with E-state index in [9.17, 15) is 0 Å². The summed E-state index contributed by atoms with van der Waals surface area (Å²) in [6, 6.07) is 0.395. The minimum Gasteiger partial charge on any atom is -0.359 e. The number of aromatic nitrogens is 2. The molecule has 15 heavy (non-hydrogen) atoms. The molecule has 1 aromatic heterocycles. The molecule has 1 saturated carbocycles. The molecule has 0 amide bonds. The van der Waals surface area contributed by atoms with Gasteiger partial charge < -0.3 is 4.74 Å². The lowest BCUT2D eigenvalue weighted by atomic mass is 10.0. The number of nitrogens with zero attached hydrogens (tertiary/aromatic N) is 2. The molecular weight excluding hydrogens is 256 g/mol. The number of hydrogen-bond acceptors (Lipinski definition) is 2. The molecule has 0 spiro atoms. The van der Waals surface area contributed by atoms with Crippen LogP contribution in [0.5, 0.6) is 0 Å². The molecule has 1 saturated heterocycles. The topological polar surface area (TPSA) is 30.4 Å². The van der Waals surface area contributed by atoms with E-state index >= 15 is 0 Å². The summed E-state index contributed by atoms with van der Waals surface area (Å²) in [5.41, 5.74) is 1.25. The Morgan fingerprint density at radius 3 is 3.00 bits per heavy atom. The van der Waals surface area contributed by atoms with Gasteiger partial charge in [0.15, 0.2) is 0 Å². The average Bonchev–Trinajstić information content (AvgIpc) is 2.59. The van der Waals surface area contributed by atoms with Gasteiger partial charge in [-0.2, -0.15) is 5.10 Å². The summed E-state index contributed by atoms with van der Waals surface area (Å²) < 4.78 is 9.06.